The van der Waals surface area contributed by atoms with Crippen molar-refractivity contribution in [2.24, 2.45) is 5.10 Å². The molecule has 0 radical (unpaired) electrons. The van der Waals surface area contributed by atoms with Gasteiger partial charge in [0.2, 0.25) is 0 Å². The molecular weight excluding hydrogens is 382 g/mol. The van der Waals surface area contributed by atoms with E-state index >= 15 is 0 Å². The molecule has 4 aromatic rings. The summed E-state index contributed by atoms with van der Waals surface area (Å²) in [6.07, 6.45) is 7.06. The fourth-order valence-electron chi connectivity index (χ4n) is 3.40. The smallest absolute Gasteiger partial charge is 0.177 e. The number of nitrogens with one attached hydrogen (secondary N) is 1. The van der Waals surface area contributed by atoms with E-state index in [1.165, 1.54) is 0 Å². The molecule has 1 fully saturated rings. The number of rotatable bonds is 5. The lowest BCUT2D eigenvalue weighted by molar-refractivity contribution is 0.123. The Hall–Kier alpha value is -3.72. The van der Waals surface area contributed by atoms with Crippen LogP contribution in [-0.4, -0.2) is 52.1 Å². The SMILES string of the molecule is Cc1ccc(/C=N/Nc2cc(N3CCOCC3)c3nc(-c4ccncc4)cn3n2)o1. The molecule has 1 aliphatic heterocycles. The molecule has 1 N–H and O–H groups in total. The predicted octanol–water partition coefficient (Wildman–Crippen LogP) is 2.98. The normalized spacial score (nSPS) is 14.6. The minimum Gasteiger partial charge on any atom is -0.460 e. The summed E-state index contributed by atoms with van der Waals surface area (Å²) in [4.78, 5) is 11.2. The Bertz CT molecular complexity index is 1180. The highest BCUT2D eigenvalue weighted by Crippen LogP contribution is 2.27. The van der Waals surface area contributed by atoms with Crippen LogP contribution in [0, 0.1) is 6.92 Å². The number of aryl methyl sites for hydroxylation is 1. The quantitative estimate of drug-likeness (QED) is 0.404. The first-order valence-corrected chi connectivity index (χ1v) is 9.75. The number of anilines is 2. The Morgan fingerprint density at radius 1 is 1.13 bits per heavy atom. The van der Waals surface area contributed by atoms with E-state index in [4.69, 9.17) is 14.1 Å². The Morgan fingerprint density at radius 2 is 1.97 bits per heavy atom. The summed E-state index contributed by atoms with van der Waals surface area (Å²) in [5.74, 6) is 2.13. The maximum absolute atomic E-state index is 5.51. The third-order valence-electron chi connectivity index (χ3n) is 4.87. The second-order valence-electron chi connectivity index (χ2n) is 6.96. The molecule has 9 heteroatoms. The highest BCUT2D eigenvalue weighted by Gasteiger charge is 2.18. The van der Waals surface area contributed by atoms with E-state index in [1.54, 1.807) is 23.1 Å². The van der Waals surface area contributed by atoms with Crippen molar-refractivity contribution in [1.82, 2.24) is 19.6 Å². The van der Waals surface area contributed by atoms with Gasteiger partial charge in [-0.2, -0.15) is 5.10 Å². The van der Waals surface area contributed by atoms with Crippen LogP contribution in [0.15, 0.2) is 58.4 Å². The number of furan rings is 1. The van der Waals surface area contributed by atoms with Crippen molar-refractivity contribution >= 4 is 23.4 Å². The molecule has 9 nitrogen and oxygen atoms in total. The molecule has 30 heavy (non-hydrogen) atoms. The van der Waals surface area contributed by atoms with Gasteiger partial charge in [0.25, 0.3) is 0 Å². The highest BCUT2D eigenvalue weighted by atomic mass is 16.5. The summed E-state index contributed by atoms with van der Waals surface area (Å²) in [6.45, 7) is 4.86. The number of hydrogen-bond acceptors (Lipinski definition) is 8. The zero-order chi connectivity index (χ0) is 20.3. The van der Waals surface area contributed by atoms with Crippen LogP contribution >= 0.6 is 0 Å². The van der Waals surface area contributed by atoms with Gasteiger partial charge in [0.15, 0.2) is 11.5 Å². The molecule has 152 valence electrons. The second-order valence-corrected chi connectivity index (χ2v) is 6.96. The largest absolute Gasteiger partial charge is 0.460 e. The first kappa shape index (κ1) is 18.3. The molecule has 0 spiro atoms. The lowest BCUT2D eigenvalue weighted by atomic mass is 10.2. The lowest BCUT2D eigenvalue weighted by Crippen LogP contribution is -2.36. The maximum atomic E-state index is 5.51. The number of hydrogen-bond donors (Lipinski definition) is 1. The monoisotopic (exact) mass is 403 g/mol. The summed E-state index contributed by atoms with van der Waals surface area (Å²) in [5, 5.41) is 8.91. The Labute approximate surface area is 173 Å². The fraction of sp³-hybridized carbons (Fsp3) is 0.238. The van der Waals surface area contributed by atoms with Crippen molar-refractivity contribution in [3.63, 3.8) is 0 Å². The Morgan fingerprint density at radius 3 is 2.73 bits per heavy atom. The average Bonchev–Trinajstić information content (AvgIpc) is 3.40. The van der Waals surface area contributed by atoms with E-state index < -0.39 is 0 Å². The van der Waals surface area contributed by atoms with Gasteiger partial charge in [0, 0.05) is 37.1 Å². The van der Waals surface area contributed by atoms with Crippen LogP contribution in [0.1, 0.15) is 11.5 Å². The van der Waals surface area contributed by atoms with Gasteiger partial charge >= 0.3 is 0 Å². The number of morpholine rings is 1. The van der Waals surface area contributed by atoms with Crippen molar-refractivity contribution in [2.45, 2.75) is 6.92 Å². The second kappa shape index (κ2) is 7.96. The van der Waals surface area contributed by atoms with Crippen LogP contribution in [0.3, 0.4) is 0 Å². The number of imidazole rings is 1. The van der Waals surface area contributed by atoms with E-state index in [1.807, 2.05) is 43.5 Å². The van der Waals surface area contributed by atoms with Crippen molar-refractivity contribution in [1.29, 1.82) is 0 Å². The summed E-state index contributed by atoms with van der Waals surface area (Å²) in [5.41, 5.74) is 6.61. The number of ether oxygens (including phenoxy) is 1. The number of pyridine rings is 1. The van der Waals surface area contributed by atoms with E-state index in [-0.39, 0.29) is 0 Å². The first-order chi connectivity index (χ1) is 14.8. The van der Waals surface area contributed by atoms with Crippen molar-refractivity contribution in [3.05, 3.63) is 60.4 Å². The van der Waals surface area contributed by atoms with E-state index in [9.17, 15) is 0 Å². The maximum Gasteiger partial charge on any atom is 0.177 e. The summed E-state index contributed by atoms with van der Waals surface area (Å²) in [6, 6.07) is 9.60. The molecule has 0 bridgehead atoms. The molecule has 5 heterocycles. The van der Waals surface area contributed by atoms with Gasteiger partial charge in [-0.05, 0) is 31.2 Å². The van der Waals surface area contributed by atoms with Gasteiger partial charge in [0.1, 0.15) is 11.5 Å². The zero-order valence-corrected chi connectivity index (χ0v) is 16.5. The standard InChI is InChI=1S/C21H21N7O2/c1-15-2-3-17(30-15)13-23-25-20-12-19(27-8-10-29-11-9-27)21-24-18(14-28(21)26-20)16-4-6-22-7-5-16/h2-7,12-14H,8-11H2,1H3,(H,25,26)/b23-13+. The summed E-state index contributed by atoms with van der Waals surface area (Å²) in [7, 11) is 0. The van der Waals surface area contributed by atoms with E-state index in [0.29, 0.717) is 24.8 Å². The van der Waals surface area contributed by atoms with Crippen LogP contribution in [0.25, 0.3) is 16.9 Å². The van der Waals surface area contributed by atoms with Crippen molar-refractivity contribution in [2.75, 3.05) is 36.6 Å². The van der Waals surface area contributed by atoms with Gasteiger partial charge in [-0.25, -0.2) is 9.50 Å². The lowest BCUT2D eigenvalue weighted by Gasteiger charge is -2.29. The number of aromatic nitrogens is 4. The summed E-state index contributed by atoms with van der Waals surface area (Å²) < 4.78 is 12.8. The van der Waals surface area contributed by atoms with Crippen LogP contribution < -0.4 is 10.3 Å². The molecule has 0 saturated carbocycles. The molecule has 0 aliphatic carbocycles. The third-order valence-corrected chi connectivity index (χ3v) is 4.87. The molecule has 4 aromatic heterocycles. The Balaban J connectivity index is 1.51. The highest BCUT2D eigenvalue weighted by molar-refractivity contribution is 5.78. The molecule has 0 atom stereocenters. The molecule has 0 aromatic carbocycles. The van der Waals surface area contributed by atoms with Crippen LogP contribution in [0.2, 0.25) is 0 Å². The topological polar surface area (TPSA) is 93.1 Å². The van der Waals surface area contributed by atoms with Crippen molar-refractivity contribution < 1.29 is 9.15 Å². The van der Waals surface area contributed by atoms with E-state index in [2.05, 4.69) is 25.5 Å². The van der Waals surface area contributed by atoms with E-state index in [0.717, 1.165) is 41.4 Å². The van der Waals surface area contributed by atoms with Gasteiger partial charge in [-0.3, -0.25) is 10.4 Å². The van der Waals surface area contributed by atoms with Crippen LogP contribution in [0.5, 0.6) is 0 Å². The molecule has 5 rings (SSSR count). The molecule has 1 aliphatic rings. The molecule has 0 amide bonds. The van der Waals surface area contributed by atoms with Gasteiger partial charge < -0.3 is 14.1 Å². The minimum atomic E-state index is 0.613. The molecule has 0 unspecified atom stereocenters. The zero-order valence-electron chi connectivity index (χ0n) is 16.5. The first-order valence-electron chi connectivity index (χ1n) is 9.75. The van der Waals surface area contributed by atoms with Crippen LogP contribution in [-0.2, 0) is 4.74 Å². The third kappa shape index (κ3) is 3.74. The average molecular weight is 403 g/mol. The molecule has 1 saturated heterocycles. The number of fused-ring (bicyclic) bond motifs is 1. The van der Waals surface area contributed by atoms with Crippen molar-refractivity contribution in [3.8, 4) is 11.3 Å². The molecular formula is C21H21N7O2. The number of nitrogens with zero attached hydrogens (tertiary/aromatic N) is 6. The summed E-state index contributed by atoms with van der Waals surface area (Å²) >= 11 is 0. The van der Waals surface area contributed by atoms with Gasteiger partial charge in [-0.15, -0.1) is 5.10 Å². The predicted molar refractivity (Wildman–Crippen MR) is 114 cm³/mol. The van der Waals surface area contributed by atoms with Crippen LogP contribution in [0.4, 0.5) is 11.5 Å². The minimum absolute atomic E-state index is 0.613. The number of hydrazone groups is 1. The van der Waals surface area contributed by atoms with Gasteiger partial charge in [-0.1, -0.05) is 0 Å². The fourth-order valence-corrected chi connectivity index (χ4v) is 3.40. The Kier molecular flexibility index (Phi) is 4.86. The van der Waals surface area contributed by atoms with Gasteiger partial charge in [0.05, 0.1) is 37.0 Å².